The van der Waals surface area contributed by atoms with Crippen molar-refractivity contribution in [2.45, 2.75) is 24.4 Å². The van der Waals surface area contributed by atoms with Crippen LogP contribution in [0.3, 0.4) is 0 Å². The summed E-state index contributed by atoms with van der Waals surface area (Å²) in [4.78, 5) is 18.6. The lowest BCUT2D eigenvalue weighted by Crippen LogP contribution is -2.42. The Morgan fingerprint density at radius 2 is 1.96 bits per heavy atom. The first-order valence-electron chi connectivity index (χ1n) is 7.97. The van der Waals surface area contributed by atoms with Gasteiger partial charge in [-0.1, -0.05) is 12.1 Å². The number of rotatable bonds is 5. The van der Waals surface area contributed by atoms with Gasteiger partial charge in [0.1, 0.15) is 5.82 Å². The van der Waals surface area contributed by atoms with E-state index in [4.69, 9.17) is 0 Å². The monoisotopic (exact) mass is 366 g/mol. The van der Waals surface area contributed by atoms with Gasteiger partial charge in [-0.05, 0) is 30.5 Å². The number of imidazole rings is 1. The minimum Gasteiger partial charge on any atom is -0.352 e. The number of aromatic nitrogens is 2. The van der Waals surface area contributed by atoms with Crippen LogP contribution in [0.15, 0.2) is 41.8 Å². The van der Waals surface area contributed by atoms with Crippen LogP contribution in [-0.4, -0.2) is 41.7 Å². The lowest BCUT2D eigenvalue weighted by atomic mass is 9.97. The highest BCUT2D eigenvalue weighted by Gasteiger charge is 2.32. The fraction of sp³-hybridized carbons (Fsp3) is 0.375. The van der Waals surface area contributed by atoms with E-state index in [1.165, 1.54) is 29.0 Å². The van der Waals surface area contributed by atoms with Crippen molar-refractivity contribution in [3.8, 4) is 0 Å². The molecule has 1 amide bonds. The van der Waals surface area contributed by atoms with E-state index in [1.54, 1.807) is 12.1 Å². The van der Waals surface area contributed by atoms with Crippen LogP contribution >= 0.6 is 0 Å². The number of benzene rings is 1. The fourth-order valence-electron chi connectivity index (χ4n) is 2.82. The summed E-state index contributed by atoms with van der Waals surface area (Å²) >= 11 is 0. The number of H-pyrrole nitrogens is 1. The van der Waals surface area contributed by atoms with E-state index >= 15 is 0 Å². The Labute approximate surface area is 145 Å². The van der Waals surface area contributed by atoms with Crippen molar-refractivity contribution >= 4 is 15.9 Å². The lowest BCUT2D eigenvalue weighted by Gasteiger charge is -2.30. The molecule has 0 radical (unpaired) electrons. The second-order valence-electron chi connectivity index (χ2n) is 5.94. The van der Waals surface area contributed by atoms with Crippen molar-refractivity contribution in [1.29, 1.82) is 0 Å². The Morgan fingerprint density at radius 3 is 2.56 bits per heavy atom. The van der Waals surface area contributed by atoms with Gasteiger partial charge >= 0.3 is 0 Å². The maximum atomic E-state index is 12.9. The first-order valence-corrected chi connectivity index (χ1v) is 9.41. The van der Waals surface area contributed by atoms with E-state index in [0.29, 0.717) is 19.4 Å². The molecule has 0 saturated carbocycles. The molecule has 1 saturated heterocycles. The maximum Gasteiger partial charge on any atom is 0.260 e. The van der Waals surface area contributed by atoms with E-state index in [-0.39, 0.29) is 35.8 Å². The van der Waals surface area contributed by atoms with Crippen LogP contribution in [0.4, 0.5) is 4.39 Å². The SMILES string of the molecule is O=C(NCc1ccc(F)cc1)C1CCN(S(=O)(=O)c2cnc[nH]2)CC1. The van der Waals surface area contributed by atoms with Crippen LogP contribution in [0.5, 0.6) is 0 Å². The van der Waals surface area contributed by atoms with E-state index in [9.17, 15) is 17.6 Å². The average Bonchev–Trinajstić information content (AvgIpc) is 3.16. The first-order chi connectivity index (χ1) is 12.0. The van der Waals surface area contributed by atoms with Crippen LogP contribution in [0.25, 0.3) is 0 Å². The number of nitrogens with one attached hydrogen (secondary N) is 2. The number of sulfonamides is 1. The van der Waals surface area contributed by atoms with Crippen LogP contribution in [0.1, 0.15) is 18.4 Å². The summed E-state index contributed by atoms with van der Waals surface area (Å²) < 4.78 is 39.0. The summed E-state index contributed by atoms with van der Waals surface area (Å²) in [7, 11) is -3.58. The van der Waals surface area contributed by atoms with E-state index < -0.39 is 10.0 Å². The van der Waals surface area contributed by atoms with Crippen molar-refractivity contribution in [2.24, 2.45) is 5.92 Å². The minimum atomic E-state index is -3.58. The zero-order chi connectivity index (χ0) is 17.9. The lowest BCUT2D eigenvalue weighted by molar-refractivity contribution is -0.126. The summed E-state index contributed by atoms with van der Waals surface area (Å²) in [5.41, 5.74) is 0.814. The molecular weight excluding hydrogens is 347 g/mol. The van der Waals surface area contributed by atoms with Gasteiger partial charge in [0.25, 0.3) is 10.0 Å². The molecule has 134 valence electrons. The average molecular weight is 366 g/mol. The summed E-state index contributed by atoms with van der Waals surface area (Å²) in [5, 5.41) is 2.89. The molecule has 9 heteroatoms. The van der Waals surface area contributed by atoms with Gasteiger partial charge in [0.15, 0.2) is 5.03 Å². The number of nitrogens with zero attached hydrogens (tertiary/aromatic N) is 2. The van der Waals surface area contributed by atoms with Crippen molar-refractivity contribution in [2.75, 3.05) is 13.1 Å². The highest BCUT2D eigenvalue weighted by Crippen LogP contribution is 2.23. The van der Waals surface area contributed by atoms with Crippen molar-refractivity contribution in [3.05, 3.63) is 48.2 Å². The largest absolute Gasteiger partial charge is 0.352 e. The topological polar surface area (TPSA) is 95.2 Å². The smallest absolute Gasteiger partial charge is 0.260 e. The third-order valence-electron chi connectivity index (χ3n) is 4.30. The molecule has 0 atom stereocenters. The molecule has 1 aromatic carbocycles. The Bertz CT molecular complexity index is 814. The van der Waals surface area contributed by atoms with Crippen LogP contribution in [-0.2, 0) is 21.4 Å². The normalized spacial score (nSPS) is 16.7. The third-order valence-corrected chi connectivity index (χ3v) is 6.12. The summed E-state index contributed by atoms with van der Waals surface area (Å²) in [6.07, 6.45) is 3.52. The molecule has 7 nitrogen and oxygen atoms in total. The highest BCUT2D eigenvalue weighted by molar-refractivity contribution is 7.89. The van der Waals surface area contributed by atoms with Gasteiger partial charge in [-0.2, -0.15) is 4.31 Å². The molecule has 0 unspecified atom stereocenters. The molecule has 2 heterocycles. The second-order valence-corrected chi connectivity index (χ2v) is 7.84. The molecule has 3 rings (SSSR count). The third kappa shape index (κ3) is 4.05. The minimum absolute atomic E-state index is 0.0618. The number of hydrogen-bond donors (Lipinski definition) is 2. The molecular formula is C16H19FN4O3S. The Morgan fingerprint density at radius 1 is 1.28 bits per heavy atom. The number of halogens is 1. The van der Waals surface area contributed by atoms with Gasteiger partial charge in [0.05, 0.1) is 12.5 Å². The number of piperidine rings is 1. The molecule has 2 N–H and O–H groups in total. The quantitative estimate of drug-likeness (QED) is 0.833. The van der Waals surface area contributed by atoms with Crippen LogP contribution < -0.4 is 5.32 Å². The molecule has 1 aromatic heterocycles. The number of carbonyl (C=O) groups excluding carboxylic acids is 1. The number of aromatic amines is 1. The predicted octanol–water partition coefficient (Wildman–Crippen LogP) is 1.27. The molecule has 0 aliphatic carbocycles. The summed E-state index contributed by atoms with van der Waals surface area (Å²) in [6.45, 7) is 0.901. The molecule has 1 aliphatic heterocycles. The predicted molar refractivity (Wildman–Crippen MR) is 88.3 cm³/mol. The van der Waals surface area contributed by atoms with Gasteiger partial charge in [-0.15, -0.1) is 0 Å². The Balaban J connectivity index is 1.51. The summed E-state index contributed by atoms with van der Waals surface area (Å²) in [5.74, 6) is -0.655. The Kier molecular flexibility index (Phi) is 5.14. The fourth-order valence-corrected chi connectivity index (χ4v) is 4.18. The zero-order valence-electron chi connectivity index (χ0n) is 13.5. The van der Waals surface area contributed by atoms with Crippen LogP contribution in [0.2, 0.25) is 0 Å². The molecule has 25 heavy (non-hydrogen) atoms. The highest BCUT2D eigenvalue weighted by atomic mass is 32.2. The number of carbonyl (C=O) groups is 1. The molecule has 1 fully saturated rings. The van der Waals surface area contributed by atoms with Gasteiger partial charge in [-0.3, -0.25) is 4.79 Å². The second kappa shape index (κ2) is 7.32. The molecule has 0 bridgehead atoms. The molecule has 2 aromatic rings. The van der Waals surface area contributed by atoms with Crippen LogP contribution in [0, 0.1) is 11.7 Å². The van der Waals surface area contributed by atoms with Gasteiger partial charge < -0.3 is 10.3 Å². The van der Waals surface area contributed by atoms with Crippen molar-refractivity contribution < 1.29 is 17.6 Å². The van der Waals surface area contributed by atoms with Gasteiger partial charge in [0, 0.05) is 25.6 Å². The van der Waals surface area contributed by atoms with E-state index in [1.807, 2.05) is 0 Å². The zero-order valence-corrected chi connectivity index (χ0v) is 14.3. The standard InChI is InChI=1S/C16H19FN4O3S/c17-14-3-1-12(2-4-14)9-19-16(22)13-5-7-21(8-6-13)25(23,24)15-10-18-11-20-15/h1-4,10-11,13H,5-9H2,(H,18,20)(H,19,22). The van der Waals surface area contributed by atoms with Gasteiger partial charge in [-0.25, -0.2) is 17.8 Å². The molecule has 1 aliphatic rings. The number of hydrogen-bond acceptors (Lipinski definition) is 4. The van der Waals surface area contributed by atoms with Gasteiger partial charge in [0.2, 0.25) is 5.91 Å². The van der Waals surface area contributed by atoms with E-state index in [2.05, 4.69) is 15.3 Å². The first kappa shape index (κ1) is 17.6. The summed E-state index contributed by atoms with van der Waals surface area (Å²) in [6, 6.07) is 5.94. The number of amides is 1. The van der Waals surface area contributed by atoms with Crippen molar-refractivity contribution in [3.63, 3.8) is 0 Å². The maximum absolute atomic E-state index is 12.9. The Hall–Kier alpha value is -2.26. The van der Waals surface area contributed by atoms with Crippen molar-refractivity contribution in [1.82, 2.24) is 19.6 Å². The van der Waals surface area contributed by atoms with E-state index in [0.717, 1.165) is 5.56 Å². The molecule has 0 spiro atoms.